The number of rotatable bonds is 5. The van der Waals surface area contributed by atoms with Gasteiger partial charge in [-0.25, -0.2) is 0 Å². The van der Waals surface area contributed by atoms with Crippen LogP contribution >= 0.6 is 0 Å². The number of hydrogen-bond donors (Lipinski definition) is 3. The molecule has 0 spiro atoms. The van der Waals surface area contributed by atoms with E-state index in [-0.39, 0.29) is 24.4 Å². The fraction of sp³-hybridized carbons (Fsp3) is 0.727. The third kappa shape index (κ3) is 5.12. The van der Waals surface area contributed by atoms with Gasteiger partial charge < -0.3 is 16.0 Å². The van der Waals surface area contributed by atoms with Gasteiger partial charge in [0.05, 0.1) is 12.6 Å². The zero-order chi connectivity index (χ0) is 13.4. The van der Waals surface area contributed by atoms with Crippen molar-refractivity contribution in [2.45, 2.75) is 13.0 Å². The molecule has 1 atom stereocenters. The molecule has 7 nitrogen and oxygen atoms in total. The maximum absolute atomic E-state index is 11.6. The minimum atomic E-state index is -0.250. The van der Waals surface area contributed by atoms with E-state index in [4.69, 9.17) is 5.26 Å². The minimum Gasteiger partial charge on any atom is -0.355 e. The van der Waals surface area contributed by atoms with E-state index in [1.165, 1.54) is 6.92 Å². The molecule has 1 unspecified atom stereocenters. The molecule has 7 heteroatoms. The molecule has 0 saturated carbocycles. The molecule has 0 bridgehead atoms. The van der Waals surface area contributed by atoms with Gasteiger partial charge in [0.1, 0.15) is 6.04 Å². The summed E-state index contributed by atoms with van der Waals surface area (Å²) in [4.78, 5) is 24.1. The van der Waals surface area contributed by atoms with Gasteiger partial charge in [-0.3, -0.25) is 14.5 Å². The number of carbonyl (C=O) groups excluding carboxylic acids is 2. The number of nitrogens with zero attached hydrogens (tertiary/aromatic N) is 2. The van der Waals surface area contributed by atoms with Crippen LogP contribution in [0.15, 0.2) is 0 Å². The van der Waals surface area contributed by atoms with Crippen molar-refractivity contribution >= 4 is 11.8 Å². The molecule has 0 radical (unpaired) electrons. The van der Waals surface area contributed by atoms with E-state index in [1.54, 1.807) is 0 Å². The molecule has 0 aromatic heterocycles. The monoisotopic (exact) mass is 253 g/mol. The second-order valence-electron chi connectivity index (χ2n) is 4.15. The first-order valence-corrected chi connectivity index (χ1v) is 5.99. The molecular formula is C11H19N5O2. The van der Waals surface area contributed by atoms with Crippen LogP contribution in [0.3, 0.4) is 0 Å². The number of nitrogens with one attached hydrogen (secondary N) is 3. The molecule has 1 aliphatic heterocycles. The van der Waals surface area contributed by atoms with E-state index in [9.17, 15) is 9.59 Å². The molecule has 2 amide bonds. The van der Waals surface area contributed by atoms with Gasteiger partial charge in [0.25, 0.3) is 0 Å². The Balaban J connectivity index is 2.22. The lowest BCUT2D eigenvalue weighted by Crippen LogP contribution is -2.53. The maximum Gasteiger partial charge on any atom is 0.234 e. The Morgan fingerprint density at radius 1 is 1.44 bits per heavy atom. The Bertz CT molecular complexity index is 339. The molecule has 1 aliphatic rings. The molecular weight excluding hydrogens is 234 g/mol. The Labute approximate surface area is 107 Å². The van der Waals surface area contributed by atoms with Crippen molar-refractivity contribution in [2.24, 2.45) is 0 Å². The summed E-state index contributed by atoms with van der Waals surface area (Å²) in [6.07, 6.45) is 0. The molecule has 0 aliphatic carbocycles. The number of piperazine rings is 1. The number of nitriles is 1. The predicted molar refractivity (Wildman–Crippen MR) is 65.5 cm³/mol. The van der Waals surface area contributed by atoms with E-state index >= 15 is 0 Å². The first-order valence-electron chi connectivity index (χ1n) is 5.99. The van der Waals surface area contributed by atoms with E-state index in [2.05, 4.69) is 22.0 Å². The van der Waals surface area contributed by atoms with Gasteiger partial charge in [0.15, 0.2) is 0 Å². The first-order chi connectivity index (χ1) is 8.63. The van der Waals surface area contributed by atoms with Crippen molar-refractivity contribution in [1.82, 2.24) is 20.9 Å². The normalized spacial score (nSPS) is 19.9. The molecule has 1 heterocycles. The summed E-state index contributed by atoms with van der Waals surface area (Å²) in [6.45, 7) is 4.55. The molecule has 0 aromatic carbocycles. The predicted octanol–water partition coefficient (Wildman–Crippen LogP) is -1.96. The van der Waals surface area contributed by atoms with Crippen molar-refractivity contribution in [1.29, 1.82) is 5.26 Å². The molecule has 1 fully saturated rings. The van der Waals surface area contributed by atoms with Crippen LogP contribution < -0.4 is 16.0 Å². The van der Waals surface area contributed by atoms with Gasteiger partial charge in [-0.2, -0.15) is 5.26 Å². The summed E-state index contributed by atoms with van der Waals surface area (Å²) < 4.78 is 0. The van der Waals surface area contributed by atoms with Crippen LogP contribution in [-0.4, -0.2) is 62.0 Å². The van der Waals surface area contributed by atoms with Gasteiger partial charge in [0.2, 0.25) is 11.8 Å². The van der Waals surface area contributed by atoms with Crippen molar-refractivity contribution in [3.8, 4) is 6.07 Å². The van der Waals surface area contributed by atoms with Gasteiger partial charge in [-0.1, -0.05) is 0 Å². The van der Waals surface area contributed by atoms with Crippen molar-refractivity contribution in [2.75, 3.05) is 39.3 Å². The largest absolute Gasteiger partial charge is 0.355 e. The highest BCUT2D eigenvalue weighted by Gasteiger charge is 2.23. The Morgan fingerprint density at radius 2 is 2.17 bits per heavy atom. The smallest absolute Gasteiger partial charge is 0.234 e. The summed E-state index contributed by atoms with van der Waals surface area (Å²) >= 11 is 0. The number of carbonyl (C=O) groups is 2. The van der Waals surface area contributed by atoms with Crippen LogP contribution in [0, 0.1) is 11.3 Å². The molecule has 1 rings (SSSR count). The Kier molecular flexibility index (Phi) is 6.11. The highest BCUT2D eigenvalue weighted by Crippen LogP contribution is 2.00. The second-order valence-corrected chi connectivity index (χ2v) is 4.15. The second kappa shape index (κ2) is 7.63. The molecule has 0 aromatic rings. The Morgan fingerprint density at radius 3 is 2.83 bits per heavy atom. The summed E-state index contributed by atoms with van der Waals surface area (Å²) in [5, 5.41) is 17.3. The van der Waals surface area contributed by atoms with Gasteiger partial charge in [-0.05, 0) is 0 Å². The zero-order valence-corrected chi connectivity index (χ0v) is 10.5. The molecule has 18 heavy (non-hydrogen) atoms. The van der Waals surface area contributed by atoms with Crippen molar-refractivity contribution < 1.29 is 9.59 Å². The fourth-order valence-electron chi connectivity index (χ4n) is 1.74. The highest BCUT2D eigenvalue weighted by atomic mass is 16.2. The van der Waals surface area contributed by atoms with Crippen LogP contribution in [0.2, 0.25) is 0 Å². The maximum atomic E-state index is 11.6. The first kappa shape index (κ1) is 14.4. The van der Waals surface area contributed by atoms with Crippen molar-refractivity contribution in [3.05, 3.63) is 0 Å². The minimum absolute atomic E-state index is 0.115. The van der Waals surface area contributed by atoms with Gasteiger partial charge in [-0.15, -0.1) is 0 Å². The van der Waals surface area contributed by atoms with E-state index in [0.717, 1.165) is 6.54 Å². The van der Waals surface area contributed by atoms with E-state index in [1.807, 2.05) is 4.90 Å². The standard InChI is InChI=1S/C11H19N5O2/c1-9(17)14-2-3-15-11(18)8-16-5-4-13-7-10(16)6-12/h10,13H,2-5,7-8H2,1H3,(H,14,17)(H,15,18). The third-order valence-corrected chi connectivity index (χ3v) is 2.67. The van der Waals surface area contributed by atoms with Crippen LogP contribution in [0.4, 0.5) is 0 Å². The highest BCUT2D eigenvalue weighted by molar-refractivity contribution is 5.78. The molecule has 1 saturated heterocycles. The van der Waals surface area contributed by atoms with E-state index < -0.39 is 0 Å². The molecule has 100 valence electrons. The number of amides is 2. The topological polar surface area (TPSA) is 97.3 Å². The average molecular weight is 253 g/mol. The van der Waals surface area contributed by atoms with Crippen LogP contribution in [0.1, 0.15) is 6.92 Å². The quantitative estimate of drug-likeness (QED) is 0.494. The van der Waals surface area contributed by atoms with Crippen LogP contribution in [-0.2, 0) is 9.59 Å². The van der Waals surface area contributed by atoms with E-state index in [0.29, 0.717) is 26.2 Å². The summed E-state index contributed by atoms with van der Waals surface area (Å²) in [5.41, 5.74) is 0. The summed E-state index contributed by atoms with van der Waals surface area (Å²) in [6, 6.07) is 1.92. The lowest BCUT2D eigenvalue weighted by atomic mass is 10.2. The summed E-state index contributed by atoms with van der Waals surface area (Å²) in [7, 11) is 0. The average Bonchev–Trinajstić information content (AvgIpc) is 2.35. The van der Waals surface area contributed by atoms with Crippen molar-refractivity contribution in [3.63, 3.8) is 0 Å². The van der Waals surface area contributed by atoms with Gasteiger partial charge in [0, 0.05) is 39.6 Å². The van der Waals surface area contributed by atoms with Crippen LogP contribution in [0.25, 0.3) is 0 Å². The van der Waals surface area contributed by atoms with Crippen LogP contribution in [0.5, 0.6) is 0 Å². The fourth-order valence-corrected chi connectivity index (χ4v) is 1.74. The third-order valence-electron chi connectivity index (χ3n) is 2.67. The Hall–Kier alpha value is -1.65. The number of hydrogen-bond acceptors (Lipinski definition) is 5. The lowest BCUT2D eigenvalue weighted by molar-refractivity contribution is -0.123. The summed E-state index contributed by atoms with van der Waals surface area (Å²) in [5.74, 6) is -0.238. The molecule has 3 N–H and O–H groups in total. The SMILES string of the molecule is CC(=O)NCCNC(=O)CN1CCNCC1C#N. The lowest BCUT2D eigenvalue weighted by Gasteiger charge is -2.31. The zero-order valence-electron chi connectivity index (χ0n) is 10.5. The van der Waals surface area contributed by atoms with Gasteiger partial charge >= 0.3 is 0 Å².